The van der Waals surface area contributed by atoms with Crippen molar-refractivity contribution in [2.75, 3.05) is 27.2 Å². The molecular weight excluding hydrogens is 468 g/mol. The minimum atomic E-state index is -0.753. The molecule has 0 aliphatic carbocycles. The minimum absolute atomic E-state index is 0.0397. The summed E-state index contributed by atoms with van der Waals surface area (Å²) < 4.78 is 5.95. The molecular formula is C30H32N2O5. The van der Waals surface area contributed by atoms with Gasteiger partial charge >= 0.3 is 0 Å². The number of likely N-dealkylation sites (tertiary alicyclic amines) is 1. The highest BCUT2D eigenvalue weighted by molar-refractivity contribution is 6.46. The van der Waals surface area contributed by atoms with Gasteiger partial charge in [-0.25, -0.2) is 0 Å². The molecule has 1 aliphatic heterocycles. The lowest BCUT2D eigenvalue weighted by atomic mass is 9.94. The van der Waals surface area contributed by atoms with Crippen molar-refractivity contribution >= 4 is 17.4 Å². The first-order valence-electron chi connectivity index (χ1n) is 12.3. The van der Waals surface area contributed by atoms with Crippen molar-refractivity contribution in [3.05, 3.63) is 101 Å². The van der Waals surface area contributed by atoms with Crippen LogP contribution in [0, 0.1) is 6.92 Å². The minimum Gasteiger partial charge on any atom is -0.508 e. The van der Waals surface area contributed by atoms with E-state index in [9.17, 15) is 19.8 Å². The van der Waals surface area contributed by atoms with Crippen molar-refractivity contribution in [3.63, 3.8) is 0 Å². The van der Waals surface area contributed by atoms with Crippen LogP contribution in [0.2, 0.25) is 0 Å². The number of aliphatic hydroxyl groups excluding tert-OH is 1. The first-order valence-corrected chi connectivity index (χ1v) is 12.3. The Morgan fingerprint density at radius 1 is 1.00 bits per heavy atom. The van der Waals surface area contributed by atoms with E-state index >= 15 is 0 Å². The zero-order valence-corrected chi connectivity index (χ0v) is 21.3. The summed E-state index contributed by atoms with van der Waals surface area (Å²) in [4.78, 5) is 29.8. The van der Waals surface area contributed by atoms with Gasteiger partial charge in [0.2, 0.25) is 0 Å². The number of aromatic hydroxyl groups is 1. The quantitative estimate of drug-likeness (QED) is 0.253. The number of Topliss-reactive ketones (excluding diaryl/α,β-unsaturated/α-hetero) is 1. The number of aliphatic hydroxyl groups is 1. The second-order valence-electron chi connectivity index (χ2n) is 9.50. The fourth-order valence-corrected chi connectivity index (χ4v) is 4.52. The maximum atomic E-state index is 13.2. The van der Waals surface area contributed by atoms with E-state index in [-0.39, 0.29) is 17.1 Å². The fourth-order valence-electron chi connectivity index (χ4n) is 4.52. The van der Waals surface area contributed by atoms with Crippen LogP contribution in [0.25, 0.3) is 5.76 Å². The van der Waals surface area contributed by atoms with Gasteiger partial charge in [0.05, 0.1) is 11.6 Å². The molecule has 1 heterocycles. The van der Waals surface area contributed by atoms with Crippen LogP contribution in [0.5, 0.6) is 11.5 Å². The molecule has 0 spiro atoms. The lowest BCUT2D eigenvalue weighted by molar-refractivity contribution is -0.139. The number of amides is 1. The molecule has 1 aliphatic rings. The third kappa shape index (κ3) is 5.84. The van der Waals surface area contributed by atoms with E-state index in [4.69, 9.17) is 4.74 Å². The highest BCUT2D eigenvalue weighted by Gasteiger charge is 2.45. The van der Waals surface area contributed by atoms with Crippen LogP contribution in [0.3, 0.4) is 0 Å². The number of hydrogen-bond donors (Lipinski definition) is 2. The van der Waals surface area contributed by atoms with E-state index < -0.39 is 17.7 Å². The number of aryl methyl sites for hydroxylation is 1. The Morgan fingerprint density at radius 2 is 1.70 bits per heavy atom. The molecule has 0 radical (unpaired) electrons. The van der Waals surface area contributed by atoms with Gasteiger partial charge in [0, 0.05) is 12.1 Å². The molecule has 0 aromatic heterocycles. The molecule has 1 atom stereocenters. The number of nitrogens with zero attached hydrogens (tertiary/aromatic N) is 2. The molecule has 1 saturated heterocycles. The summed E-state index contributed by atoms with van der Waals surface area (Å²) >= 11 is 0. The van der Waals surface area contributed by atoms with Crippen LogP contribution in [0.4, 0.5) is 0 Å². The Bertz CT molecular complexity index is 1300. The standard InChI is InChI=1S/C30H32N2O5/c1-20-18-23(12-15-25(20)37-19-21-8-5-4-6-9-21)28(34)26-27(22-10-13-24(33)14-11-22)32(30(36)29(26)35)17-7-16-31(2)3/h4-6,8-15,18,27,33-34H,7,16-17,19H2,1-3H3/b28-26+/t27-/m0/s1. The Balaban J connectivity index is 1.67. The van der Waals surface area contributed by atoms with Crippen LogP contribution < -0.4 is 4.74 Å². The summed E-state index contributed by atoms with van der Waals surface area (Å²) in [7, 11) is 3.89. The second kappa shape index (κ2) is 11.3. The van der Waals surface area contributed by atoms with Crippen molar-refractivity contribution < 1.29 is 24.5 Å². The van der Waals surface area contributed by atoms with E-state index in [1.807, 2.05) is 56.3 Å². The first-order chi connectivity index (χ1) is 17.8. The predicted octanol–water partition coefficient (Wildman–Crippen LogP) is 4.65. The number of hydrogen-bond acceptors (Lipinski definition) is 6. The summed E-state index contributed by atoms with van der Waals surface area (Å²) in [5, 5.41) is 21.1. The second-order valence-corrected chi connectivity index (χ2v) is 9.50. The van der Waals surface area contributed by atoms with Crippen molar-refractivity contribution in [1.82, 2.24) is 9.80 Å². The van der Waals surface area contributed by atoms with Gasteiger partial charge in [0.1, 0.15) is 23.9 Å². The number of benzene rings is 3. The normalized spacial score (nSPS) is 17.0. The average Bonchev–Trinajstić information content (AvgIpc) is 3.13. The van der Waals surface area contributed by atoms with Crippen LogP contribution in [0.1, 0.15) is 34.7 Å². The van der Waals surface area contributed by atoms with Crippen molar-refractivity contribution in [2.45, 2.75) is 26.0 Å². The highest BCUT2D eigenvalue weighted by atomic mass is 16.5. The van der Waals surface area contributed by atoms with Gasteiger partial charge in [-0.1, -0.05) is 42.5 Å². The third-order valence-electron chi connectivity index (χ3n) is 6.44. The summed E-state index contributed by atoms with van der Waals surface area (Å²) in [6.45, 7) is 3.38. The SMILES string of the molecule is Cc1cc(/C(O)=C2\C(=O)C(=O)N(CCCN(C)C)[C@H]2c2ccc(O)cc2)ccc1OCc1ccccc1. The molecule has 2 N–H and O–H groups in total. The van der Waals surface area contributed by atoms with E-state index in [1.165, 1.54) is 17.0 Å². The maximum Gasteiger partial charge on any atom is 0.295 e. The summed E-state index contributed by atoms with van der Waals surface area (Å²) in [5.74, 6) is -0.848. The zero-order valence-electron chi connectivity index (χ0n) is 21.3. The first kappa shape index (κ1) is 26.0. The molecule has 1 amide bonds. The molecule has 37 heavy (non-hydrogen) atoms. The number of phenols is 1. The summed E-state index contributed by atoms with van der Waals surface area (Å²) in [6.07, 6.45) is 0.668. The molecule has 7 nitrogen and oxygen atoms in total. The lowest BCUT2D eigenvalue weighted by Crippen LogP contribution is -2.32. The van der Waals surface area contributed by atoms with Crippen LogP contribution >= 0.6 is 0 Å². The van der Waals surface area contributed by atoms with Crippen LogP contribution in [-0.2, 0) is 16.2 Å². The number of rotatable bonds is 9. The lowest BCUT2D eigenvalue weighted by Gasteiger charge is -2.26. The molecule has 3 aromatic carbocycles. The summed E-state index contributed by atoms with van der Waals surface area (Å²) in [6, 6.07) is 20.6. The van der Waals surface area contributed by atoms with Gasteiger partial charge in [-0.3, -0.25) is 9.59 Å². The molecule has 7 heteroatoms. The van der Waals surface area contributed by atoms with Gasteiger partial charge in [0.15, 0.2) is 0 Å². The average molecular weight is 501 g/mol. The largest absolute Gasteiger partial charge is 0.508 e. The molecule has 4 rings (SSSR count). The Hall–Kier alpha value is -4.10. The predicted molar refractivity (Wildman–Crippen MR) is 142 cm³/mol. The van der Waals surface area contributed by atoms with E-state index in [2.05, 4.69) is 0 Å². The molecule has 3 aromatic rings. The monoisotopic (exact) mass is 500 g/mol. The van der Waals surface area contributed by atoms with Crippen LogP contribution in [-0.4, -0.2) is 58.9 Å². The van der Waals surface area contributed by atoms with E-state index in [0.29, 0.717) is 36.4 Å². The number of phenolic OH excluding ortho intramolecular Hbond substituents is 1. The van der Waals surface area contributed by atoms with Gasteiger partial charge in [-0.15, -0.1) is 0 Å². The molecule has 0 bridgehead atoms. The molecule has 1 fully saturated rings. The van der Waals surface area contributed by atoms with Crippen molar-refractivity contribution in [2.24, 2.45) is 0 Å². The van der Waals surface area contributed by atoms with Gasteiger partial charge in [-0.05, 0) is 81.0 Å². The van der Waals surface area contributed by atoms with E-state index in [0.717, 1.165) is 17.7 Å². The topological polar surface area (TPSA) is 90.3 Å². The molecule has 0 saturated carbocycles. The van der Waals surface area contributed by atoms with Crippen molar-refractivity contribution in [3.8, 4) is 11.5 Å². The Labute approximate surface area is 217 Å². The number of carbonyl (C=O) groups excluding carboxylic acids is 2. The number of ketones is 1. The molecule has 192 valence electrons. The van der Waals surface area contributed by atoms with Gasteiger partial charge < -0.3 is 24.7 Å². The smallest absolute Gasteiger partial charge is 0.295 e. The maximum absolute atomic E-state index is 13.2. The Morgan fingerprint density at radius 3 is 2.35 bits per heavy atom. The Kier molecular flexibility index (Phi) is 7.94. The van der Waals surface area contributed by atoms with Gasteiger partial charge in [0.25, 0.3) is 11.7 Å². The number of carbonyl (C=O) groups is 2. The molecule has 0 unspecified atom stereocenters. The fraction of sp³-hybridized carbons (Fsp3) is 0.267. The van der Waals surface area contributed by atoms with Crippen LogP contribution in [0.15, 0.2) is 78.4 Å². The van der Waals surface area contributed by atoms with Gasteiger partial charge in [-0.2, -0.15) is 0 Å². The third-order valence-corrected chi connectivity index (χ3v) is 6.44. The highest BCUT2D eigenvalue weighted by Crippen LogP contribution is 2.40. The number of ether oxygens (including phenoxy) is 1. The van der Waals surface area contributed by atoms with Crippen molar-refractivity contribution in [1.29, 1.82) is 0 Å². The zero-order chi connectivity index (χ0) is 26.5. The van der Waals surface area contributed by atoms with E-state index in [1.54, 1.807) is 30.3 Å². The summed E-state index contributed by atoms with van der Waals surface area (Å²) in [5.41, 5.74) is 2.94.